The first kappa shape index (κ1) is 12.9. The fourth-order valence-corrected chi connectivity index (χ4v) is 2.54. The maximum Gasteiger partial charge on any atom is 0.134 e. The van der Waals surface area contributed by atoms with E-state index in [9.17, 15) is 5.11 Å². The highest BCUT2D eigenvalue weighted by Gasteiger charge is 2.16. The maximum atomic E-state index is 10.5. The molecule has 0 saturated heterocycles. The van der Waals surface area contributed by atoms with Gasteiger partial charge in [0.25, 0.3) is 0 Å². The second-order valence-corrected chi connectivity index (χ2v) is 5.08. The van der Waals surface area contributed by atoms with Crippen LogP contribution >= 0.6 is 0 Å². The van der Waals surface area contributed by atoms with Crippen LogP contribution in [-0.2, 0) is 6.42 Å². The number of aliphatic hydroxyl groups is 1. The molecule has 0 aliphatic rings. The molecule has 0 spiro atoms. The van der Waals surface area contributed by atoms with Crippen LogP contribution in [0.5, 0.6) is 0 Å². The number of hydrogen-bond acceptors (Lipinski definition) is 2. The number of aryl methyl sites for hydroxylation is 1. The minimum Gasteiger partial charge on any atom is -0.464 e. The Balaban J connectivity index is 1.93. The maximum absolute atomic E-state index is 10.5. The van der Waals surface area contributed by atoms with Crippen LogP contribution in [-0.4, -0.2) is 5.11 Å². The summed E-state index contributed by atoms with van der Waals surface area (Å²) in [7, 11) is 0. The molecule has 0 bridgehead atoms. The number of para-hydroxylation sites is 1. The standard InChI is InChI=1S/C18H18O2/c1-2-5-13-8-10-14(11-9-13)18(19)16-12-20-17-7-4-3-6-15(16)17/h3-4,6-12,18-19H,2,5H2,1H3. The molecule has 0 amide bonds. The third-order valence-corrected chi connectivity index (χ3v) is 3.64. The second-order valence-electron chi connectivity index (χ2n) is 5.08. The SMILES string of the molecule is CCCc1ccc(C(O)c2coc3ccccc23)cc1. The lowest BCUT2D eigenvalue weighted by molar-refractivity contribution is 0.220. The van der Waals surface area contributed by atoms with Gasteiger partial charge in [0.1, 0.15) is 11.7 Å². The predicted octanol–water partition coefficient (Wildman–Crippen LogP) is 4.47. The number of fused-ring (bicyclic) bond motifs is 1. The van der Waals surface area contributed by atoms with Crippen molar-refractivity contribution in [2.75, 3.05) is 0 Å². The summed E-state index contributed by atoms with van der Waals surface area (Å²) in [6.07, 6.45) is 3.21. The van der Waals surface area contributed by atoms with E-state index in [1.165, 1.54) is 5.56 Å². The fraction of sp³-hybridized carbons (Fsp3) is 0.222. The second kappa shape index (κ2) is 5.51. The van der Waals surface area contributed by atoms with Gasteiger partial charge < -0.3 is 9.52 Å². The van der Waals surface area contributed by atoms with Gasteiger partial charge in [0.2, 0.25) is 0 Å². The highest BCUT2D eigenvalue weighted by Crippen LogP contribution is 2.30. The van der Waals surface area contributed by atoms with Gasteiger partial charge in [0.15, 0.2) is 0 Å². The quantitative estimate of drug-likeness (QED) is 0.756. The van der Waals surface area contributed by atoms with Crippen LogP contribution in [0.15, 0.2) is 59.2 Å². The van der Waals surface area contributed by atoms with Crippen LogP contribution in [0.25, 0.3) is 11.0 Å². The van der Waals surface area contributed by atoms with Gasteiger partial charge in [-0.2, -0.15) is 0 Å². The molecule has 2 aromatic carbocycles. The summed E-state index contributed by atoms with van der Waals surface area (Å²) in [6.45, 7) is 2.17. The Kier molecular flexibility index (Phi) is 3.57. The molecule has 2 nitrogen and oxygen atoms in total. The van der Waals surface area contributed by atoms with Gasteiger partial charge >= 0.3 is 0 Å². The third-order valence-electron chi connectivity index (χ3n) is 3.64. The summed E-state index contributed by atoms with van der Waals surface area (Å²) in [5, 5.41) is 11.5. The molecular formula is C18H18O2. The number of furan rings is 1. The van der Waals surface area contributed by atoms with E-state index >= 15 is 0 Å². The van der Waals surface area contributed by atoms with Crippen LogP contribution in [0.4, 0.5) is 0 Å². The van der Waals surface area contributed by atoms with Gasteiger partial charge in [0.05, 0.1) is 6.26 Å². The Hall–Kier alpha value is -2.06. The molecule has 0 radical (unpaired) electrons. The molecule has 1 unspecified atom stereocenters. The molecule has 102 valence electrons. The average Bonchev–Trinajstić information content (AvgIpc) is 2.92. The summed E-state index contributed by atoms with van der Waals surface area (Å²) in [4.78, 5) is 0. The van der Waals surface area contributed by atoms with Gasteiger partial charge in [-0.05, 0) is 23.6 Å². The van der Waals surface area contributed by atoms with Gasteiger partial charge in [0, 0.05) is 10.9 Å². The van der Waals surface area contributed by atoms with E-state index < -0.39 is 6.10 Å². The lowest BCUT2D eigenvalue weighted by Gasteiger charge is -2.10. The molecule has 20 heavy (non-hydrogen) atoms. The number of aliphatic hydroxyl groups excluding tert-OH is 1. The summed E-state index contributed by atoms with van der Waals surface area (Å²) >= 11 is 0. The summed E-state index contributed by atoms with van der Waals surface area (Å²) in [5.74, 6) is 0. The summed E-state index contributed by atoms with van der Waals surface area (Å²) < 4.78 is 5.49. The van der Waals surface area contributed by atoms with E-state index in [2.05, 4.69) is 19.1 Å². The Bertz CT molecular complexity index is 695. The zero-order valence-electron chi connectivity index (χ0n) is 11.5. The van der Waals surface area contributed by atoms with Crippen LogP contribution < -0.4 is 0 Å². The highest BCUT2D eigenvalue weighted by molar-refractivity contribution is 5.81. The van der Waals surface area contributed by atoms with Crippen LogP contribution in [0.2, 0.25) is 0 Å². The van der Waals surface area contributed by atoms with Crippen molar-refractivity contribution in [3.05, 3.63) is 71.5 Å². The molecule has 1 aromatic heterocycles. The van der Waals surface area contributed by atoms with Gasteiger partial charge in [-0.25, -0.2) is 0 Å². The lowest BCUT2D eigenvalue weighted by atomic mass is 9.99. The van der Waals surface area contributed by atoms with Crippen molar-refractivity contribution in [3.8, 4) is 0 Å². The van der Waals surface area contributed by atoms with E-state index in [0.717, 1.165) is 34.9 Å². The molecular weight excluding hydrogens is 248 g/mol. The molecule has 0 saturated carbocycles. The first-order chi connectivity index (χ1) is 9.79. The van der Waals surface area contributed by atoms with Crippen LogP contribution in [0, 0.1) is 0 Å². The largest absolute Gasteiger partial charge is 0.464 e. The molecule has 2 heteroatoms. The number of rotatable bonds is 4. The van der Waals surface area contributed by atoms with Crippen molar-refractivity contribution < 1.29 is 9.52 Å². The van der Waals surface area contributed by atoms with Crippen molar-refractivity contribution in [3.63, 3.8) is 0 Å². The first-order valence-corrected chi connectivity index (χ1v) is 7.02. The van der Waals surface area contributed by atoms with E-state index in [1.807, 2.05) is 36.4 Å². The molecule has 0 fully saturated rings. The monoisotopic (exact) mass is 266 g/mol. The summed E-state index contributed by atoms with van der Waals surface area (Å²) in [6, 6.07) is 15.9. The smallest absolute Gasteiger partial charge is 0.134 e. The molecule has 3 rings (SSSR count). The predicted molar refractivity (Wildman–Crippen MR) is 80.7 cm³/mol. The molecule has 0 aliphatic heterocycles. The minimum absolute atomic E-state index is 0.644. The molecule has 3 aromatic rings. The van der Waals surface area contributed by atoms with Crippen molar-refractivity contribution in [2.45, 2.75) is 25.9 Å². The van der Waals surface area contributed by atoms with E-state index in [-0.39, 0.29) is 0 Å². The number of benzene rings is 2. The van der Waals surface area contributed by atoms with Gasteiger partial charge in [-0.15, -0.1) is 0 Å². The normalized spacial score (nSPS) is 12.7. The molecule has 1 N–H and O–H groups in total. The molecule has 1 atom stereocenters. The Morgan fingerprint density at radius 3 is 2.55 bits per heavy atom. The van der Waals surface area contributed by atoms with Gasteiger partial charge in [-0.1, -0.05) is 55.8 Å². The van der Waals surface area contributed by atoms with Crippen molar-refractivity contribution in [1.82, 2.24) is 0 Å². The first-order valence-electron chi connectivity index (χ1n) is 7.02. The molecule has 1 heterocycles. The van der Waals surface area contributed by atoms with Crippen LogP contribution in [0.1, 0.15) is 36.1 Å². The molecule has 0 aliphatic carbocycles. The lowest BCUT2D eigenvalue weighted by Crippen LogP contribution is -1.98. The van der Waals surface area contributed by atoms with Crippen molar-refractivity contribution >= 4 is 11.0 Å². The number of hydrogen-bond donors (Lipinski definition) is 1. The van der Waals surface area contributed by atoms with E-state index in [1.54, 1.807) is 6.26 Å². The highest BCUT2D eigenvalue weighted by atomic mass is 16.3. The zero-order chi connectivity index (χ0) is 13.9. The zero-order valence-corrected chi connectivity index (χ0v) is 11.5. The van der Waals surface area contributed by atoms with E-state index in [4.69, 9.17) is 4.42 Å². The van der Waals surface area contributed by atoms with Crippen LogP contribution in [0.3, 0.4) is 0 Å². The Morgan fingerprint density at radius 2 is 1.80 bits per heavy atom. The third kappa shape index (κ3) is 2.35. The summed E-state index contributed by atoms with van der Waals surface area (Å²) in [5.41, 5.74) is 3.84. The van der Waals surface area contributed by atoms with E-state index in [0.29, 0.717) is 0 Å². The minimum atomic E-state index is -0.644. The Labute approximate surface area is 118 Å². The van der Waals surface area contributed by atoms with Gasteiger partial charge in [-0.3, -0.25) is 0 Å². The topological polar surface area (TPSA) is 33.4 Å². The van der Waals surface area contributed by atoms with Crippen molar-refractivity contribution in [2.24, 2.45) is 0 Å². The Morgan fingerprint density at radius 1 is 1.05 bits per heavy atom. The average molecular weight is 266 g/mol. The fourth-order valence-electron chi connectivity index (χ4n) is 2.54. The van der Waals surface area contributed by atoms with Crippen molar-refractivity contribution in [1.29, 1.82) is 0 Å².